The molecule has 1 saturated carbocycles. The van der Waals surface area contributed by atoms with Crippen LogP contribution in [0.5, 0.6) is 0 Å². The van der Waals surface area contributed by atoms with Crippen LogP contribution in [0.15, 0.2) is 72.3 Å². The van der Waals surface area contributed by atoms with Crippen LogP contribution >= 0.6 is 0 Å². The van der Waals surface area contributed by atoms with Crippen molar-refractivity contribution in [2.45, 2.75) is 32.1 Å². The monoisotopic (exact) mass is 467 g/mol. The molecule has 4 N–H and O–H groups in total. The smallest absolute Gasteiger partial charge is 0.314 e. The highest BCUT2D eigenvalue weighted by atomic mass is 16.4. The lowest BCUT2D eigenvalue weighted by Gasteiger charge is -2.15. The molecule has 0 bridgehead atoms. The number of carbonyl (C=O) groups is 1. The van der Waals surface area contributed by atoms with Gasteiger partial charge in [-0.1, -0.05) is 54.1 Å². The van der Waals surface area contributed by atoms with E-state index in [4.69, 9.17) is 5.41 Å². The molecule has 0 amide bonds. The molecule has 35 heavy (non-hydrogen) atoms. The largest absolute Gasteiger partial charge is 0.481 e. The minimum absolute atomic E-state index is 0.579. The fourth-order valence-corrected chi connectivity index (χ4v) is 4.07. The molecule has 0 spiro atoms. The zero-order valence-electron chi connectivity index (χ0n) is 20.1. The molecule has 1 fully saturated rings. The predicted molar refractivity (Wildman–Crippen MR) is 140 cm³/mol. The summed E-state index contributed by atoms with van der Waals surface area (Å²) in [6.07, 6.45) is 8.00. The number of allylic oxidation sites excluding steroid dienone is 2. The maximum Gasteiger partial charge on any atom is 0.314 e. The van der Waals surface area contributed by atoms with Gasteiger partial charge in [-0.15, -0.1) is 0 Å². The second kappa shape index (κ2) is 9.93. The van der Waals surface area contributed by atoms with Gasteiger partial charge in [0.1, 0.15) is 5.82 Å². The van der Waals surface area contributed by atoms with Gasteiger partial charge in [0.25, 0.3) is 0 Å². The highest BCUT2D eigenvalue weighted by Gasteiger charge is 2.51. The molecule has 0 radical (unpaired) electrons. The molecular formula is C28H29N5O2. The number of aromatic nitrogens is 2. The molecule has 0 atom stereocenters. The van der Waals surface area contributed by atoms with Gasteiger partial charge < -0.3 is 21.1 Å². The summed E-state index contributed by atoms with van der Waals surface area (Å²) in [6, 6.07) is 15.7. The van der Waals surface area contributed by atoms with E-state index in [1.165, 1.54) is 6.21 Å². The number of rotatable bonds is 9. The Bertz CT molecular complexity index is 1300. The minimum atomic E-state index is -0.746. The zero-order chi connectivity index (χ0) is 25.0. The summed E-state index contributed by atoms with van der Waals surface area (Å²) >= 11 is 0. The number of hydrogen-bond acceptors (Lipinski definition) is 6. The first-order chi connectivity index (χ1) is 16.9. The first-order valence-corrected chi connectivity index (χ1v) is 11.5. The van der Waals surface area contributed by atoms with Crippen LogP contribution in [0.3, 0.4) is 0 Å². The summed E-state index contributed by atoms with van der Waals surface area (Å²) in [4.78, 5) is 20.4. The number of nitrogens with one attached hydrogen (secondary N) is 3. The van der Waals surface area contributed by atoms with E-state index in [9.17, 15) is 9.90 Å². The van der Waals surface area contributed by atoms with E-state index in [0.29, 0.717) is 30.1 Å². The Hall–Kier alpha value is -4.26. The van der Waals surface area contributed by atoms with Crippen molar-refractivity contribution in [3.8, 4) is 11.1 Å². The third-order valence-electron chi connectivity index (χ3n) is 6.13. The van der Waals surface area contributed by atoms with Gasteiger partial charge in [-0.25, -0.2) is 4.98 Å². The molecule has 7 heteroatoms. The molecule has 1 heterocycles. The van der Waals surface area contributed by atoms with Gasteiger partial charge in [0.05, 0.1) is 23.5 Å². The summed E-state index contributed by atoms with van der Waals surface area (Å²) < 4.78 is 0. The average molecular weight is 468 g/mol. The van der Waals surface area contributed by atoms with Crippen LogP contribution in [0.4, 0.5) is 5.82 Å². The Morgan fingerprint density at radius 3 is 2.17 bits per heavy atom. The summed E-state index contributed by atoms with van der Waals surface area (Å²) in [5.74, 6) is 0.475. The van der Waals surface area contributed by atoms with Gasteiger partial charge in [-0.05, 0) is 55.0 Å². The molecule has 1 aliphatic rings. The van der Waals surface area contributed by atoms with Crippen molar-refractivity contribution < 1.29 is 9.90 Å². The van der Waals surface area contributed by atoms with Crippen LogP contribution in [0.25, 0.3) is 22.8 Å². The first-order valence-electron chi connectivity index (χ1n) is 11.5. The van der Waals surface area contributed by atoms with E-state index in [1.54, 1.807) is 19.4 Å². The highest BCUT2D eigenvalue weighted by molar-refractivity contribution is 6.10. The number of carboxylic acids is 1. The number of carboxylic acid groups (broad SMARTS) is 1. The Balaban J connectivity index is 1.57. The average Bonchev–Trinajstić information content (AvgIpc) is 3.67. The van der Waals surface area contributed by atoms with Crippen molar-refractivity contribution in [1.29, 1.82) is 5.41 Å². The molecular weight excluding hydrogens is 438 g/mol. The van der Waals surface area contributed by atoms with Gasteiger partial charge >= 0.3 is 5.97 Å². The molecule has 7 nitrogen and oxygen atoms in total. The van der Waals surface area contributed by atoms with Crippen molar-refractivity contribution in [1.82, 2.24) is 15.3 Å². The molecule has 178 valence electrons. The lowest BCUT2D eigenvalue weighted by molar-refractivity contribution is -0.140. The maximum atomic E-state index is 11.6. The van der Waals surface area contributed by atoms with E-state index in [1.807, 2.05) is 68.5 Å². The Morgan fingerprint density at radius 2 is 1.66 bits per heavy atom. The first kappa shape index (κ1) is 23.9. The molecule has 0 saturated heterocycles. The highest BCUT2D eigenvalue weighted by Crippen LogP contribution is 2.48. The lowest BCUT2D eigenvalue weighted by Crippen LogP contribution is -2.19. The Labute approximate surface area is 205 Å². The molecule has 2 aromatic carbocycles. The van der Waals surface area contributed by atoms with Gasteiger partial charge in [0.15, 0.2) is 5.82 Å². The Kier molecular flexibility index (Phi) is 6.78. The number of hydrogen-bond donors (Lipinski definition) is 4. The second-order valence-corrected chi connectivity index (χ2v) is 8.90. The van der Waals surface area contributed by atoms with Crippen LogP contribution in [-0.4, -0.2) is 34.3 Å². The van der Waals surface area contributed by atoms with Crippen LogP contribution in [0.2, 0.25) is 0 Å². The van der Waals surface area contributed by atoms with Crippen LogP contribution < -0.4 is 10.6 Å². The molecule has 1 aromatic heterocycles. The summed E-state index contributed by atoms with van der Waals surface area (Å²) in [7, 11) is 1.79. The number of aliphatic carboxylic acids is 1. The number of anilines is 1. The summed E-state index contributed by atoms with van der Waals surface area (Å²) in [6.45, 7) is 4.01. The van der Waals surface area contributed by atoms with E-state index in [2.05, 4.69) is 20.6 Å². The van der Waals surface area contributed by atoms with E-state index in [-0.39, 0.29) is 0 Å². The molecule has 3 aromatic rings. The quantitative estimate of drug-likeness (QED) is 0.317. The van der Waals surface area contributed by atoms with Gasteiger partial charge in [0, 0.05) is 18.8 Å². The molecule has 0 unspecified atom stereocenters. The van der Waals surface area contributed by atoms with Crippen molar-refractivity contribution in [2.75, 3.05) is 12.4 Å². The van der Waals surface area contributed by atoms with Gasteiger partial charge in [0.2, 0.25) is 0 Å². The lowest BCUT2D eigenvalue weighted by atomic mass is 9.93. The van der Waals surface area contributed by atoms with Crippen LogP contribution in [0.1, 0.15) is 43.5 Å². The molecule has 4 rings (SSSR count). The van der Waals surface area contributed by atoms with Crippen molar-refractivity contribution in [3.05, 3.63) is 89.1 Å². The van der Waals surface area contributed by atoms with Gasteiger partial charge in [-0.2, -0.15) is 0 Å². The fraction of sp³-hybridized carbons (Fsp3) is 0.214. The number of nitrogens with zero attached hydrogens (tertiary/aromatic N) is 2. The fourth-order valence-electron chi connectivity index (χ4n) is 4.07. The summed E-state index contributed by atoms with van der Waals surface area (Å²) in [5, 5.41) is 23.9. The van der Waals surface area contributed by atoms with E-state index >= 15 is 0 Å². The van der Waals surface area contributed by atoms with Gasteiger partial charge in [-0.3, -0.25) is 9.78 Å². The Morgan fingerprint density at radius 1 is 1.03 bits per heavy atom. The van der Waals surface area contributed by atoms with Crippen molar-refractivity contribution >= 4 is 29.7 Å². The molecule has 0 aliphatic heterocycles. The zero-order valence-corrected chi connectivity index (χ0v) is 20.1. The minimum Gasteiger partial charge on any atom is -0.481 e. The SMILES string of the molecule is CN/C(Nc1cncc(C=C(C)C)n1)=C(\C=N)c1ccc(-c2ccc(C3(C(=O)O)CC3)cc2)cc1. The number of benzene rings is 2. The van der Waals surface area contributed by atoms with E-state index in [0.717, 1.165) is 33.5 Å². The van der Waals surface area contributed by atoms with Crippen molar-refractivity contribution in [2.24, 2.45) is 0 Å². The van der Waals surface area contributed by atoms with Crippen LogP contribution in [0, 0.1) is 5.41 Å². The standard InChI is InChI=1S/C28H29N5O2/c1-18(2)14-23-16-31-17-25(32-23)33-26(30-3)24(15-29)21-6-4-19(5-7-21)20-8-10-22(11-9-20)28(12-13-28)27(34)35/h4-11,14-17,29-30H,12-13H2,1-3H3,(H,32,33)(H,34,35)/b26-24-,29-15?. The maximum absolute atomic E-state index is 11.6. The third-order valence-corrected chi connectivity index (χ3v) is 6.13. The predicted octanol–water partition coefficient (Wildman–Crippen LogP) is 5.33. The second-order valence-electron chi connectivity index (χ2n) is 8.90. The molecule has 1 aliphatic carbocycles. The topological polar surface area (TPSA) is 111 Å². The normalized spacial score (nSPS) is 14.4. The summed E-state index contributed by atoms with van der Waals surface area (Å²) in [5.41, 5.74) is 5.63. The van der Waals surface area contributed by atoms with Crippen molar-refractivity contribution in [3.63, 3.8) is 0 Å². The van der Waals surface area contributed by atoms with E-state index < -0.39 is 11.4 Å². The van der Waals surface area contributed by atoms with Crippen LogP contribution in [-0.2, 0) is 10.2 Å². The third kappa shape index (κ3) is 5.14.